The van der Waals surface area contributed by atoms with E-state index < -0.39 is 17.9 Å². The molecule has 0 saturated carbocycles. The molecular formula is C35H65NO6. The fourth-order valence-electron chi connectivity index (χ4n) is 5.88. The second-order valence-electron chi connectivity index (χ2n) is 12.4. The summed E-state index contributed by atoms with van der Waals surface area (Å²) in [6, 6.07) is 0. The van der Waals surface area contributed by atoms with Crippen LogP contribution in [0.3, 0.4) is 0 Å². The number of carbonyl (C=O) groups is 3. The van der Waals surface area contributed by atoms with Gasteiger partial charge in [0.05, 0.1) is 26.2 Å². The van der Waals surface area contributed by atoms with E-state index >= 15 is 0 Å². The molecule has 0 unspecified atom stereocenters. The summed E-state index contributed by atoms with van der Waals surface area (Å²) in [5.41, 5.74) is 0. The van der Waals surface area contributed by atoms with Crippen LogP contribution in [0.1, 0.15) is 167 Å². The van der Waals surface area contributed by atoms with Gasteiger partial charge < -0.3 is 24.6 Å². The summed E-state index contributed by atoms with van der Waals surface area (Å²) in [5.74, 6) is -2.58. The Bertz CT molecular complexity index is 638. The highest BCUT2D eigenvalue weighted by Crippen LogP contribution is 2.19. The summed E-state index contributed by atoms with van der Waals surface area (Å²) in [6.07, 6.45) is 30.0. The second kappa shape index (κ2) is 29.2. The first-order chi connectivity index (χ1) is 20.3. The number of carboxylic acid groups (broad SMARTS) is 3. The quantitative estimate of drug-likeness (QED) is 0.0451. The van der Waals surface area contributed by atoms with Crippen molar-refractivity contribution in [1.29, 1.82) is 0 Å². The summed E-state index contributed by atoms with van der Waals surface area (Å²) in [7, 11) is 0. The number of hydrogen-bond acceptors (Lipinski definition) is 4. The van der Waals surface area contributed by atoms with Gasteiger partial charge in [0, 0.05) is 18.8 Å². The van der Waals surface area contributed by atoms with Crippen LogP contribution in [0, 0.1) is 0 Å². The number of allylic oxidation sites excluding steroid dienone is 2. The maximum atomic E-state index is 11.0. The summed E-state index contributed by atoms with van der Waals surface area (Å²) in [6.45, 7) is 5.83. The number of rotatable bonds is 33. The Morgan fingerprint density at radius 3 is 1.21 bits per heavy atom. The van der Waals surface area contributed by atoms with E-state index in [1.807, 2.05) is 0 Å². The Morgan fingerprint density at radius 1 is 0.500 bits per heavy atom. The highest BCUT2D eigenvalue weighted by molar-refractivity contribution is 5.66. The lowest BCUT2D eigenvalue weighted by Crippen LogP contribution is -2.51. The molecule has 0 heterocycles. The summed E-state index contributed by atoms with van der Waals surface area (Å²) in [4.78, 5) is 32.9. The third-order valence-electron chi connectivity index (χ3n) is 8.45. The number of hydrogen-bond donors (Lipinski definition) is 2. The van der Waals surface area contributed by atoms with Crippen LogP contribution >= 0.6 is 0 Å². The number of quaternary nitrogens is 1. The first kappa shape index (κ1) is 40.1. The predicted octanol–water partition coefficient (Wildman–Crippen LogP) is 8.05. The van der Waals surface area contributed by atoms with Crippen LogP contribution in [0.25, 0.3) is 0 Å². The third-order valence-corrected chi connectivity index (χ3v) is 8.45. The highest BCUT2D eigenvalue weighted by Gasteiger charge is 2.26. The van der Waals surface area contributed by atoms with E-state index in [1.165, 1.54) is 77.0 Å². The molecule has 0 fully saturated rings. The van der Waals surface area contributed by atoms with Gasteiger partial charge >= 0.3 is 11.9 Å². The molecule has 7 heteroatoms. The molecule has 7 nitrogen and oxygen atoms in total. The molecule has 2 N–H and O–H groups in total. The molecule has 0 aliphatic rings. The van der Waals surface area contributed by atoms with Crippen molar-refractivity contribution in [2.75, 3.05) is 26.2 Å². The lowest BCUT2D eigenvalue weighted by Gasteiger charge is -2.39. The molecule has 0 aliphatic carbocycles. The minimum atomic E-state index is -1.02. The Hall–Kier alpha value is -1.89. The number of unbranched alkanes of at least 4 members (excludes halogenated alkanes) is 17. The molecule has 0 aromatic carbocycles. The fourth-order valence-corrected chi connectivity index (χ4v) is 5.88. The van der Waals surface area contributed by atoms with Crippen molar-refractivity contribution in [3.8, 4) is 0 Å². The van der Waals surface area contributed by atoms with Crippen molar-refractivity contribution in [3.63, 3.8) is 0 Å². The molecule has 0 spiro atoms. The number of carboxylic acids is 3. The van der Waals surface area contributed by atoms with Gasteiger partial charge in [0.15, 0.2) is 0 Å². The molecule has 0 rings (SSSR count). The molecule has 0 bridgehead atoms. The van der Waals surface area contributed by atoms with Crippen molar-refractivity contribution in [1.82, 2.24) is 0 Å². The molecule has 0 aromatic rings. The molecule has 0 atom stereocenters. The number of carbonyl (C=O) groups excluding carboxylic acids is 1. The molecule has 0 radical (unpaired) electrons. The standard InChI is InChI=1S/C35H65NO6/c1-2-3-4-5-6-7-8-9-10-11-12-13-14-15-16-17-18-22-29-36(30-23-19-26-33(37)38,31-24-20-27-34(39)40)32-25-21-28-35(41)42/h14-15H,2-13,16-32H2,1H3,(H2-,37,38,39,40,41,42)/b15-14+. The Morgan fingerprint density at radius 2 is 0.833 bits per heavy atom. The maximum Gasteiger partial charge on any atom is 0.303 e. The first-order valence-electron chi connectivity index (χ1n) is 17.4. The van der Waals surface area contributed by atoms with E-state index in [9.17, 15) is 19.5 Å². The lowest BCUT2D eigenvalue weighted by molar-refractivity contribution is -0.929. The molecular weight excluding hydrogens is 530 g/mol. The lowest BCUT2D eigenvalue weighted by atomic mass is 10.0. The van der Waals surface area contributed by atoms with E-state index in [4.69, 9.17) is 10.2 Å². The van der Waals surface area contributed by atoms with Gasteiger partial charge in [-0.05, 0) is 83.5 Å². The Kier molecular flexibility index (Phi) is 27.9. The molecule has 0 aromatic heterocycles. The van der Waals surface area contributed by atoms with Crippen LogP contribution in [0.4, 0.5) is 0 Å². The fraction of sp³-hybridized carbons (Fsp3) is 0.857. The van der Waals surface area contributed by atoms with Crippen molar-refractivity contribution in [2.45, 2.75) is 167 Å². The largest absolute Gasteiger partial charge is 0.550 e. The van der Waals surface area contributed by atoms with Crippen LogP contribution in [0.5, 0.6) is 0 Å². The van der Waals surface area contributed by atoms with Crippen molar-refractivity contribution < 1.29 is 34.2 Å². The Labute approximate surface area is 257 Å². The van der Waals surface area contributed by atoms with Gasteiger partial charge in [-0.1, -0.05) is 83.3 Å². The average Bonchev–Trinajstić information content (AvgIpc) is 2.94. The van der Waals surface area contributed by atoms with Crippen molar-refractivity contribution >= 4 is 17.9 Å². The molecule has 246 valence electrons. The third kappa shape index (κ3) is 28.2. The van der Waals surface area contributed by atoms with Crippen LogP contribution in [-0.4, -0.2) is 58.8 Å². The van der Waals surface area contributed by atoms with Gasteiger partial charge in [-0.3, -0.25) is 9.59 Å². The van der Waals surface area contributed by atoms with E-state index in [1.54, 1.807) is 0 Å². The zero-order valence-electron chi connectivity index (χ0n) is 27.1. The van der Waals surface area contributed by atoms with Crippen LogP contribution in [0.2, 0.25) is 0 Å². The predicted molar refractivity (Wildman–Crippen MR) is 170 cm³/mol. The average molecular weight is 596 g/mol. The number of nitrogens with zero attached hydrogens (tertiary/aromatic N) is 1. The van der Waals surface area contributed by atoms with E-state index in [2.05, 4.69) is 19.1 Å². The molecule has 0 aliphatic heterocycles. The Balaban J connectivity index is 4.39. The number of aliphatic carboxylic acids is 3. The topological polar surface area (TPSA) is 115 Å². The summed E-state index contributed by atoms with van der Waals surface area (Å²) >= 11 is 0. The van der Waals surface area contributed by atoms with Gasteiger partial charge in [0.25, 0.3) is 0 Å². The van der Waals surface area contributed by atoms with E-state index in [0.29, 0.717) is 19.3 Å². The first-order valence-corrected chi connectivity index (χ1v) is 17.4. The van der Waals surface area contributed by atoms with Crippen LogP contribution < -0.4 is 5.11 Å². The molecule has 0 saturated heterocycles. The van der Waals surface area contributed by atoms with Gasteiger partial charge in [0.1, 0.15) is 0 Å². The zero-order valence-corrected chi connectivity index (χ0v) is 27.1. The van der Waals surface area contributed by atoms with Crippen molar-refractivity contribution in [2.24, 2.45) is 0 Å². The van der Waals surface area contributed by atoms with Crippen molar-refractivity contribution in [3.05, 3.63) is 12.2 Å². The highest BCUT2D eigenvalue weighted by atomic mass is 16.4. The van der Waals surface area contributed by atoms with E-state index in [0.717, 1.165) is 75.6 Å². The maximum absolute atomic E-state index is 11.0. The minimum Gasteiger partial charge on any atom is -0.550 e. The van der Waals surface area contributed by atoms with Gasteiger partial charge in [-0.15, -0.1) is 0 Å². The smallest absolute Gasteiger partial charge is 0.303 e. The van der Waals surface area contributed by atoms with E-state index in [-0.39, 0.29) is 19.3 Å². The normalized spacial score (nSPS) is 11.8. The summed E-state index contributed by atoms with van der Waals surface area (Å²) < 4.78 is 0.834. The molecule has 0 amide bonds. The van der Waals surface area contributed by atoms with Crippen LogP contribution in [-0.2, 0) is 14.4 Å². The summed E-state index contributed by atoms with van der Waals surface area (Å²) in [5, 5.41) is 29.0. The van der Waals surface area contributed by atoms with Gasteiger partial charge in [0.2, 0.25) is 0 Å². The van der Waals surface area contributed by atoms with Crippen LogP contribution in [0.15, 0.2) is 12.2 Å². The SMILES string of the molecule is CCCCCCCCCCCCC/C=C/CCCCC[N+](CCCCC(=O)[O-])(CCCCC(=O)O)CCCCC(=O)O. The molecule has 42 heavy (non-hydrogen) atoms. The van der Waals surface area contributed by atoms with Gasteiger partial charge in [-0.25, -0.2) is 0 Å². The van der Waals surface area contributed by atoms with Gasteiger partial charge in [-0.2, -0.15) is 0 Å². The zero-order chi connectivity index (χ0) is 31.2. The second-order valence-corrected chi connectivity index (χ2v) is 12.4. The monoisotopic (exact) mass is 595 g/mol. The minimum absolute atomic E-state index is 0.0591.